The van der Waals surface area contributed by atoms with Crippen molar-refractivity contribution >= 4 is 28.9 Å². The molecule has 0 radical (unpaired) electrons. The predicted molar refractivity (Wildman–Crippen MR) is 83.4 cm³/mol. The van der Waals surface area contributed by atoms with E-state index in [4.69, 9.17) is 29.0 Å². The van der Waals surface area contributed by atoms with Crippen molar-refractivity contribution in [2.75, 3.05) is 5.43 Å². The summed E-state index contributed by atoms with van der Waals surface area (Å²) in [4.78, 5) is 0. The molecular formula is C15H15Cl2N3. The monoisotopic (exact) mass is 307 g/mol. The van der Waals surface area contributed by atoms with Crippen molar-refractivity contribution in [2.45, 2.75) is 19.8 Å². The molecule has 0 amide bonds. The highest BCUT2D eigenvalue weighted by atomic mass is 35.5. The molecule has 0 bridgehead atoms. The van der Waals surface area contributed by atoms with Gasteiger partial charge >= 0.3 is 0 Å². The fourth-order valence-electron chi connectivity index (χ4n) is 2.31. The van der Waals surface area contributed by atoms with Gasteiger partial charge in [-0.2, -0.15) is 5.26 Å². The van der Waals surface area contributed by atoms with Crippen LogP contribution in [0.25, 0.3) is 0 Å². The molecule has 1 aromatic rings. The SMILES string of the molecule is Cc1cc(NN)cc(Cl)c1CC1(C#N)C=CC(Cl)=CC1. The van der Waals surface area contributed by atoms with Crippen molar-refractivity contribution in [2.24, 2.45) is 11.3 Å². The van der Waals surface area contributed by atoms with E-state index in [9.17, 15) is 5.26 Å². The van der Waals surface area contributed by atoms with E-state index in [2.05, 4.69) is 11.5 Å². The van der Waals surface area contributed by atoms with Crippen LogP contribution in [-0.4, -0.2) is 0 Å². The Morgan fingerprint density at radius 3 is 2.70 bits per heavy atom. The van der Waals surface area contributed by atoms with Crippen molar-refractivity contribution in [3.63, 3.8) is 0 Å². The molecule has 0 aliphatic heterocycles. The van der Waals surface area contributed by atoms with Crippen LogP contribution in [0.2, 0.25) is 5.02 Å². The first-order valence-electron chi connectivity index (χ1n) is 6.21. The van der Waals surface area contributed by atoms with E-state index in [0.29, 0.717) is 22.9 Å². The highest BCUT2D eigenvalue weighted by molar-refractivity contribution is 6.32. The molecule has 0 spiro atoms. The summed E-state index contributed by atoms with van der Waals surface area (Å²) in [7, 11) is 0. The van der Waals surface area contributed by atoms with E-state index in [1.165, 1.54) is 0 Å². The molecule has 1 unspecified atom stereocenters. The number of benzene rings is 1. The number of nitriles is 1. The fourth-order valence-corrected chi connectivity index (χ4v) is 2.78. The summed E-state index contributed by atoms with van der Waals surface area (Å²) in [5.41, 5.74) is 4.71. The van der Waals surface area contributed by atoms with E-state index in [1.54, 1.807) is 12.1 Å². The summed E-state index contributed by atoms with van der Waals surface area (Å²) in [5, 5.41) is 10.8. The van der Waals surface area contributed by atoms with Crippen LogP contribution in [0.5, 0.6) is 0 Å². The number of hydrogen-bond acceptors (Lipinski definition) is 3. The number of hydrazine groups is 1. The predicted octanol–water partition coefficient (Wildman–Crippen LogP) is 4.07. The molecule has 1 atom stereocenters. The van der Waals surface area contributed by atoms with Crippen LogP contribution in [0.3, 0.4) is 0 Å². The first kappa shape index (κ1) is 14.9. The third kappa shape index (κ3) is 2.99. The van der Waals surface area contributed by atoms with E-state index < -0.39 is 5.41 Å². The molecule has 0 fully saturated rings. The van der Waals surface area contributed by atoms with Gasteiger partial charge in [0.05, 0.1) is 17.2 Å². The number of nitrogen functional groups attached to an aromatic ring is 1. The van der Waals surface area contributed by atoms with Crippen LogP contribution in [-0.2, 0) is 6.42 Å². The summed E-state index contributed by atoms with van der Waals surface area (Å²) in [6.07, 6.45) is 6.64. The van der Waals surface area contributed by atoms with Gasteiger partial charge in [-0.3, -0.25) is 5.84 Å². The minimum absolute atomic E-state index is 0.552. The molecule has 2 rings (SSSR count). The van der Waals surface area contributed by atoms with Gasteiger partial charge in [-0.05, 0) is 49.1 Å². The Morgan fingerprint density at radius 1 is 1.45 bits per heavy atom. The summed E-state index contributed by atoms with van der Waals surface area (Å²) in [6.45, 7) is 1.96. The lowest BCUT2D eigenvalue weighted by Gasteiger charge is -2.25. The van der Waals surface area contributed by atoms with Crippen LogP contribution < -0.4 is 11.3 Å². The molecule has 1 aliphatic carbocycles. The molecule has 104 valence electrons. The van der Waals surface area contributed by atoms with Gasteiger partial charge in [-0.25, -0.2) is 0 Å². The smallest absolute Gasteiger partial charge is 0.0832 e. The lowest BCUT2D eigenvalue weighted by molar-refractivity contribution is 0.505. The molecule has 0 saturated heterocycles. The second kappa shape index (κ2) is 5.88. The van der Waals surface area contributed by atoms with Gasteiger partial charge in [0, 0.05) is 10.1 Å². The van der Waals surface area contributed by atoms with Gasteiger partial charge < -0.3 is 5.43 Å². The first-order chi connectivity index (χ1) is 9.49. The van der Waals surface area contributed by atoms with Crippen LogP contribution in [0.15, 0.2) is 35.4 Å². The van der Waals surface area contributed by atoms with Gasteiger partial charge in [0.2, 0.25) is 0 Å². The third-order valence-electron chi connectivity index (χ3n) is 3.52. The molecule has 3 nitrogen and oxygen atoms in total. The first-order valence-corrected chi connectivity index (χ1v) is 6.97. The van der Waals surface area contributed by atoms with E-state index in [1.807, 2.05) is 25.1 Å². The topological polar surface area (TPSA) is 61.8 Å². The Labute approximate surface area is 128 Å². The lowest BCUT2D eigenvalue weighted by Crippen LogP contribution is -2.21. The summed E-state index contributed by atoms with van der Waals surface area (Å²) in [5.74, 6) is 5.39. The Kier molecular flexibility index (Phi) is 4.39. The third-order valence-corrected chi connectivity index (χ3v) is 4.14. The average Bonchev–Trinajstić information content (AvgIpc) is 2.45. The minimum atomic E-state index is -0.593. The van der Waals surface area contributed by atoms with Crippen molar-refractivity contribution in [1.29, 1.82) is 5.26 Å². The maximum Gasteiger partial charge on any atom is 0.0832 e. The molecule has 0 aromatic heterocycles. The fraction of sp³-hybridized carbons (Fsp3) is 0.267. The summed E-state index contributed by atoms with van der Waals surface area (Å²) >= 11 is 12.2. The van der Waals surface area contributed by atoms with E-state index >= 15 is 0 Å². The second-order valence-corrected chi connectivity index (χ2v) is 5.81. The normalized spacial score (nSPS) is 21.2. The van der Waals surface area contributed by atoms with Crippen molar-refractivity contribution in [1.82, 2.24) is 0 Å². The Balaban J connectivity index is 2.35. The van der Waals surface area contributed by atoms with Gasteiger partial charge in [0.1, 0.15) is 0 Å². The minimum Gasteiger partial charge on any atom is -0.324 e. The molecule has 1 aliphatic rings. The van der Waals surface area contributed by atoms with Crippen LogP contribution in [0.4, 0.5) is 5.69 Å². The maximum atomic E-state index is 9.52. The zero-order chi connectivity index (χ0) is 14.8. The van der Waals surface area contributed by atoms with Gasteiger partial charge in [0.25, 0.3) is 0 Å². The second-order valence-electron chi connectivity index (χ2n) is 4.97. The number of nitrogens with one attached hydrogen (secondary N) is 1. The Bertz CT molecular complexity index is 605. The van der Waals surface area contributed by atoms with Crippen LogP contribution in [0, 0.1) is 23.7 Å². The Morgan fingerprint density at radius 2 is 2.20 bits per heavy atom. The number of rotatable bonds is 3. The van der Waals surface area contributed by atoms with E-state index in [0.717, 1.165) is 16.8 Å². The number of hydrogen-bond donors (Lipinski definition) is 2. The quantitative estimate of drug-likeness (QED) is 0.653. The van der Waals surface area contributed by atoms with Gasteiger partial charge in [-0.1, -0.05) is 35.4 Å². The Hall–Kier alpha value is -1.47. The molecule has 20 heavy (non-hydrogen) atoms. The zero-order valence-corrected chi connectivity index (χ0v) is 12.6. The molecule has 5 heteroatoms. The zero-order valence-electron chi connectivity index (χ0n) is 11.1. The van der Waals surface area contributed by atoms with Crippen LogP contribution in [0.1, 0.15) is 17.5 Å². The average molecular weight is 308 g/mol. The number of nitrogens with two attached hydrogens (primary N) is 1. The van der Waals surface area contributed by atoms with Crippen LogP contribution >= 0.6 is 23.2 Å². The standard InChI is InChI=1S/C15H15Cl2N3/c1-10-6-12(20-19)7-14(17)13(10)8-15(9-18)4-2-11(16)3-5-15/h2-4,6-7,20H,5,8,19H2,1H3. The number of nitrogens with zero attached hydrogens (tertiary/aromatic N) is 1. The molecule has 0 heterocycles. The lowest BCUT2D eigenvalue weighted by atomic mass is 9.77. The van der Waals surface area contributed by atoms with Gasteiger partial charge in [0.15, 0.2) is 0 Å². The maximum absolute atomic E-state index is 9.52. The highest BCUT2D eigenvalue weighted by Crippen LogP contribution is 2.37. The number of allylic oxidation sites excluding steroid dienone is 4. The van der Waals surface area contributed by atoms with Crippen molar-refractivity contribution in [3.8, 4) is 6.07 Å². The van der Waals surface area contributed by atoms with Gasteiger partial charge in [-0.15, -0.1) is 0 Å². The van der Waals surface area contributed by atoms with Crippen molar-refractivity contribution in [3.05, 3.63) is 51.5 Å². The molecular weight excluding hydrogens is 293 g/mol. The number of anilines is 1. The number of aryl methyl sites for hydroxylation is 1. The van der Waals surface area contributed by atoms with E-state index in [-0.39, 0.29) is 0 Å². The largest absolute Gasteiger partial charge is 0.324 e. The molecule has 0 saturated carbocycles. The summed E-state index contributed by atoms with van der Waals surface area (Å²) in [6, 6.07) is 6.07. The highest BCUT2D eigenvalue weighted by Gasteiger charge is 2.30. The number of halogens is 2. The summed E-state index contributed by atoms with van der Waals surface area (Å²) < 4.78 is 0. The molecule has 3 N–H and O–H groups in total. The van der Waals surface area contributed by atoms with Crippen molar-refractivity contribution < 1.29 is 0 Å². The molecule has 1 aromatic carbocycles.